The summed E-state index contributed by atoms with van der Waals surface area (Å²) in [5.41, 5.74) is 1.73. The number of hydrogen-bond donors (Lipinski definition) is 1. The molecule has 0 radical (unpaired) electrons. The maximum absolute atomic E-state index is 12.9. The number of carbonyl (C=O) groups is 2. The lowest BCUT2D eigenvalue weighted by Crippen LogP contribution is -2.32. The van der Waals surface area contributed by atoms with Crippen molar-refractivity contribution in [3.05, 3.63) is 65.2 Å². The Labute approximate surface area is 146 Å². The highest BCUT2D eigenvalue weighted by molar-refractivity contribution is 5.91. The summed E-state index contributed by atoms with van der Waals surface area (Å²) >= 11 is 0. The highest BCUT2D eigenvalue weighted by Crippen LogP contribution is 2.37. The topological polar surface area (TPSA) is 66.8 Å². The van der Waals surface area contributed by atoms with Crippen LogP contribution in [0.1, 0.15) is 40.4 Å². The van der Waals surface area contributed by atoms with Crippen molar-refractivity contribution < 1.29 is 19.4 Å². The molecule has 0 aromatic heterocycles. The molecule has 0 bridgehead atoms. The summed E-state index contributed by atoms with van der Waals surface area (Å²) in [7, 11) is 1.63. The third-order valence-electron chi connectivity index (χ3n) is 4.66. The van der Waals surface area contributed by atoms with Crippen LogP contribution in [0.4, 0.5) is 0 Å². The fraction of sp³-hybridized carbons (Fsp3) is 0.300. The zero-order chi connectivity index (χ0) is 17.8. The lowest BCUT2D eigenvalue weighted by Gasteiger charge is -2.26. The minimum absolute atomic E-state index is 0.0272. The number of carbonyl (C=O) groups excluding carboxylic acids is 1. The number of nitrogens with zero attached hydrogens (tertiary/aromatic N) is 1. The summed E-state index contributed by atoms with van der Waals surface area (Å²) in [6.45, 7) is 0.677. The van der Waals surface area contributed by atoms with Crippen LogP contribution in [0.3, 0.4) is 0 Å². The Morgan fingerprint density at radius 1 is 1.16 bits per heavy atom. The molecule has 0 aliphatic carbocycles. The maximum Gasteiger partial charge on any atom is 0.335 e. The Kier molecular flexibility index (Phi) is 5.03. The Morgan fingerprint density at radius 3 is 2.64 bits per heavy atom. The second-order valence-corrected chi connectivity index (χ2v) is 6.13. The number of aromatic carboxylic acids is 1. The highest BCUT2D eigenvalue weighted by Gasteiger charge is 2.32. The predicted molar refractivity (Wildman–Crippen MR) is 93.8 cm³/mol. The van der Waals surface area contributed by atoms with Gasteiger partial charge in [0.25, 0.3) is 0 Å². The monoisotopic (exact) mass is 339 g/mol. The van der Waals surface area contributed by atoms with Crippen molar-refractivity contribution >= 4 is 11.9 Å². The number of hydrogen-bond acceptors (Lipinski definition) is 3. The molecule has 1 fully saturated rings. The first-order valence-corrected chi connectivity index (χ1v) is 8.35. The Hall–Kier alpha value is -2.82. The molecular weight excluding hydrogens is 318 g/mol. The molecule has 2 aromatic carbocycles. The minimum Gasteiger partial charge on any atom is -0.496 e. The summed E-state index contributed by atoms with van der Waals surface area (Å²) in [4.78, 5) is 26.1. The van der Waals surface area contributed by atoms with E-state index in [1.165, 1.54) is 6.07 Å². The zero-order valence-electron chi connectivity index (χ0n) is 14.1. The van der Waals surface area contributed by atoms with Gasteiger partial charge in [0.15, 0.2) is 0 Å². The molecule has 1 amide bonds. The lowest BCUT2D eigenvalue weighted by molar-refractivity contribution is -0.131. The van der Waals surface area contributed by atoms with E-state index >= 15 is 0 Å². The van der Waals surface area contributed by atoms with Gasteiger partial charge in [-0.3, -0.25) is 4.79 Å². The van der Waals surface area contributed by atoms with Gasteiger partial charge in [-0.1, -0.05) is 36.4 Å². The summed E-state index contributed by atoms with van der Waals surface area (Å²) in [6.07, 6.45) is 1.90. The molecule has 1 unspecified atom stereocenters. The van der Waals surface area contributed by atoms with E-state index in [1.807, 2.05) is 29.2 Å². The number of rotatable bonds is 5. The largest absolute Gasteiger partial charge is 0.496 e. The van der Waals surface area contributed by atoms with Crippen molar-refractivity contribution in [1.82, 2.24) is 4.90 Å². The van der Waals surface area contributed by atoms with Crippen LogP contribution in [0.5, 0.6) is 5.75 Å². The van der Waals surface area contributed by atoms with E-state index in [-0.39, 0.29) is 23.9 Å². The molecule has 1 heterocycles. The van der Waals surface area contributed by atoms with Crippen LogP contribution in [0.15, 0.2) is 48.5 Å². The van der Waals surface area contributed by atoms with Gasteiger partial charge in [0.05, 0.1) is 25.1 Å². The van der Waals surface area contributed by atoms with Gasteiger partial charge in [-0.25, -0.2) is 4.79 Å². The van der Waals surface area contributed by atoms with Gasteiger partial charge in [0.2, 0.25) is 5.91 Å². The molecule has 25 heavy (non-hydrogen) atoms. The van der Waals surface area contributed by atoms with Gasteiger partial charge in [0, 0.05) is 12.1 Å². The van der Waals surface area contributed by atoms with E-state index in [9.17, 15) is 14.7 Å². The van der Waals surface area contributed by atoms with Crippen LogP contribution >= 0.6 is 0 Å². The summed E-state index contributed by atoms with van der Waals surface area (Å²) in [6, 6.07) is 14.4. The number of amides is 1. The minimum atomic E-state index is -1.01. The van der Waals surface area contributed by atoms with Gasteiger partial charge in [-0.2, -0.15) is 0 Å². The molecule has 1 aliphatic rings. The van der Waals surface area contributed by atoms with Gasteiger partial charge in [-0.15, -0.1) is 0 Å². The van der Waals surface area contributed by atoms with Crippen molar-refractivity contribution in [3.63, 3.8) is 0 Å². The number of ether oxygens (including phenoxy) is 1. The van der Waals surface area contributed by atoms with Crippen LogP contribution in [0.25, 0.3) is 0 Å². The number of carboxylic acid groups (broad SMARTS) is 1. The van der Waals surface area contributed by atoms with Crippen molar-refractivity contribution in [2.24, 2.45) is 0 Å². The molecular formula is C20H21NO4. The average Bonchev–Trinajstić information content (AvgIpc) is 3.11. The van der Waals surface area contributed by atoms with Crippen molar-refractivity contribution in [3.8, 4) is 5.75 Å². The summed E-state index contributed by atoms with van der Waals surface area (Å²) in [5, 5.41) is 9.30. The summed E-state index contributed by atoms with van der Waals surface area (Å²) < 4.78 is 5.44. The molecule has 0 spiro atoms. The van der Waals surface area contributed by atoms with E-state index in [0.29, 0.717) is 12.1 Å². The molecule has 3 rings (SSSR count). The van der Waals surface area contributed by atoms with Crippen LogP contribution in [-0.4, -0.2) is 35.5 Å². The number of carboxylic acids is 1. The Balaban J connectivity index is 1.83. The van der Waals surface area contributed by atoms with Gasteiger partial charge in [0.1, 0.15) is 5.75 Å². The van der Waals surface area contributed by atoms with E-state index < -0.39 is 5.97 Å². The normalized spacial score (nSPS) is 16.7. The van der Waals surface area contributed by atoms with E-state index in [4.69, 9.17) is 4.74 Å². The first-order valence-electron chi connectivity index (χ1n) is 8.35. The van der Waals surface area contributed by atoms with Crippen LogP contribution < -0.4 is 4.74 Å². The molecule has 2 aromatic rings. The summed E-state index contributed by atoms with van der Waals surface area (Å²) in [5.74, 6) is -0.286. The van der Waals surface area contributed by atoms with E-state index in [2.05, 4.69) is 0 Å². The third-order valence-corrected chi connectivity index (χ3v) is 4.66. The van der Waals surface area contributed by atoms with Gasteiger partial charge >= 0.3 is 5.97 Å². The fourth-order valence-corrected chi connectivity index (χ4v) is 3.48. The molecule has 1 N–H and O–H groups in total. The van der Waals surface area contributed by atoms with Crippen LogP contribution in [0, 0.1) is 0 Å². The molecule has 5 nitrogen and oxygen atoms in total. The third kappa shape index (κ3) is 3.50. The van der Waals surface area contributed by atoms with Crippen molar-refractivity contribution in [1.29, 1.82) is 0 Å². The predicted octanol–water partition coefficient (Wildman–Crippen LogP) is 3.30. The quantitative estimate of drug-likeness (QED) is 0.908. The van der Waals surface area contributed by atoms with E-state index in [0.717, 1.165) is 24.2 Å². The smallest absolute Gasteiger partial charge is 0.335 e. The zero-order valence-corrected chi connectivity index (χ0v) is 14.1. The van der Waals surface area contributed by atoms with Crippen LogP contribution in [-0.2, 0) is 11.2 Å². The average molecular weight is 339 g/mol. The SMILES string of the molecule is COc1ccccc1C1CCCN1C(=O)Cc1ccccc1C(=O)O. The molecule has 1 atom stereocenters. The molecule has 1 saturated heterocycles. The second-order valence-electron chi connectivity index (χ2n) is 6.13. The first-order chi connectivity index (χ1) is 12.1. The molecule has 0 saturated carbocycles. The number of methoxy groups -OCH3 is 1. The first kappa shape index (κ1) is 17.0. The lowest BCUT2D eigenvalue weighted by atomic mass is 10.0. The number of likely N-dealkylation sites (tertiary alicyclic amines) is 1. The second kappa shape index (κ2) is 7.38. The van der Waals surface area contributed by atoms with E-state index in [1.54, 1.807) is 25.3 Å². The molecule has 130 valence electrons. The van der Waals surface area contributed by atoms with Gasteiger partial charge in [-0.05, 0) is 30.5 Å². The number of benzene rings is 2. The van der Waals surface area contributed by atoms with Crippen molar-refractivity contribution in [2.45, 2.75) is 25.3 Å². The highest BCUT2D eigenvalue weighted by atomic mass is 16.5. The molecule has 1 aliphatic heterocycles. The fourth-order valence-electron chi connectivity index (χ4n) is 3.48. The Morgan fingerprint density at radius 2 is 1.88 bits per heavy atom. The molecule has 5 heteroatoms. The Bertz CT molecular complexity index is 787. The maximum atomic E-state index is 12.9. The van der Waals surface area contributed by atoms with Gasteiger partial charge < -0.3 is 14.7 Å². The number of para-hydroxylation sites is 1. The van der Waals surface area contributed by atoms with Crippen molar-refractivity contribution in [2.75, 3.05) is 13.7 Å². The standard InChI is InChI=1S/C20H21NO4/c1-25-18-11-5-4-9-16(18)17-10-6-12-21(17)19(22)13-14-7-2-3-8-15(14)20(23)24/h2-5,7-9,11,17H,6,10,12-13H2,1H3,(H,23,24). The van der Waals surface area contributed by atoms with Crippen LogP contribution in [0.2, 0.25) is 0 Å².